The van der Waals surface area contributed by atoms with E-state index in [0.717, 1.165) is 42.6 Å². The van der Waals surface area contributed by atoms with Crippen molar-refractivity contribution in [2.75, 3.05) is 13.1 Å². The number of aromatic nitrogens is 2. The second-order valence-corrected chi connectivity index (χ2v) is 5.34. The standard InChI is InChI=1S/C16H22ClN5/c1-2-19-16(20-8-3-10-22-11-9-18-13-22)21-12-14-4-6-15(17)7-5-14/h4-7,9,11,13H,2-3,8,10,12H2,1H3,(H2,19,20,21). The second-order valence-electron chi connectivity index (χ2n) is 4.90. The third kappa shape index (κ3) is 5.77. The Bertz CT molecular complexity index is 563. The molecule has 2 rings (SSSR count). The zero-order valence-electron chi connectivity index (χ0n) is 12.8. The van der Waals surface area contributed by atoms with Crippen LogP contribution in [-0.4, -0.2) is 28.6 Å². The van der Waals surface area contributed by atoms with Crippen LogP contribution in [0, 0.1) is 0 Å². The molecule has 0 fully saturated rings. The summed E-state index contributed by atoms with van der Waals surface area (Å²) in [6.07, 6.45) is 6.62. The van der Waals surface area contributed by atoms with E-state index in [1.165, 1.54) is 0 Å². The van der Waals surface area contributed by atoms with Gasteiger partial charge in [0.25, 0.3) is 0 Å². The number of halogens is 1. The summed E-state index contributed by atoms with van der Waals surface area (Å²) >= 11 is 5.88. The van der Waals surface area contributed by atoms with Gasteiger partial charge in [0.05, 0.1) is 12.9 Å². The van der Waals surface area contributed by atoms with E-state index in [0.29, 0.717) is 6.54 Å². The van der Waals surface area contributed by atoms with Crippen LogP contribution in [0.2, 0.25) is 5.02 Å². The van der Waals surface area contributed by atoms with Crippen LogP contribution in [-0.2, 0) is 13.1 Å². The molecule has 0 atom stereocenters. The molecule has 6 heteroatoms. The molecule has 1 aromatic carbocycles. The predicted molar refractivity (Wildman–Crippen MR) is 91.1 cm³/mol. The van der Waals surface area contributed by atoms with Gasteiger partial charge in [0, 0.05) is 37.1 Å². The number of aryl methyl sites for hydroxylation is 1. The lowest BCUT2D eigenvalue weighted by Gasteiger charge is -2.11. The summed E-state index contributed by atoms with van der Waals surface area (Å²) in [4.78, 5) is 8.61. The van der Waals surface area contributed by atoms with Crippen LogP contribution in [0.5, 0.6) is 0 Å². The summed E-state index contributed by atoms with van der Waals surface area (Å²) in [6, 6.07) is 7.76. The first kappa shape index (κ1) is 16.4. The van der Waals surface area contributed by atoms with Crippen LogP contribution in [0.4, 0.5) is 0 Å². The molecule has 118 valence electrons. The summed E-state index contributed by atoms with van der Waals surface area (Å²) in [5.74, 6) is 0.836. The number of aliphatic imine (C=N–C) groups is 1. The Morgan fingerprint density at radius 1 is 1.27 bits per heavy atom. The molecule has 1 aromatic heterocycles. The molecule has 0 bridgehead atoms. The first-order chi connectivity index (χ1) is 10.8. The van der Waals surface area contributed by atoms with Crippen molar-refractivity contribution in [1.82, 2.24) is 20.2 Å². The van der Waals surface area contributed by atoms with E-state index in [1.807, 2.05) is 36.8 Å². The number of guanidine groups is 1. The molecular formula is C16H22ClN5. The third-order valence-corrected chi connectivity index (χ3v) is 3.37. The van der Waals surface area contributed by atoms with Gasteiger partial charge in [-0.15, -0.1) is 0 Å². The minimum absolute atomic E-state index is 0.633. The third-order valence-electron chi connectivity index (χ3n) is 3.12. The van der Waals surface area contributed by atoms with E-state index in [-0.39, 0.29) is 0 Å². The second kappa shape index (κ2) is 9.10. The normalized spacial score (nSPS) is 11.5. The SMILES string of the molecule is CCNC(=NCc1ccc(Cl)cc1)NCCCn1ccnc1. The highest BCUT2D eigenvalue weighted by Gasteiger charge is 1.98. The molecule has 2 N–H and O–H groups in total. The molecule has 0 aliphatic carbocycles. The van der Waals surface area contributed by atoms with Gasteiger partial charge in [0.15, 0.2) is 5.96 Å². The Kier molecular flexibility index (Phi) is 6.77. The van der Waals surface area contributed by atoms with Gasteiger partial charge in [0.2, 0.25) is 0 Å². The van der Waals surface area contributed by atoms with Crippen LogP contribution in [0.25, 0.3) is 0 Å². The van der Waals surface area contributed by atoms with Crippen LogP contribution >= 0.6 is 11.6 Å². The average Bonchev–Trinajstić information content (AvgIpc) is 3.04. The molecule has 0 radical (unpaired) electrons. The number of hydrogen-bond donors (Lipinski definition) is 2. The van der Waals surface area contributed by atoms with Crippen molar-refractivity contribution in [1.29, 1.82) is 0 Å². The lowest BCUT2D eigenvalue weighted by atomic mass is 10.2. The number of nitrogens with zero attached hydrogens (tertiary/aromatic N) is 3. The van der Waals surface area contributed by atoms with Crippen molar-refractivity contribution in [2.45, 2.75) is 26.4 Å². The largest absolute Gasteiger partial charge is 0.357 e. The fraction of sp³-hybridized carbons (Fsp3) is 0.375. The number of hydrogen-bond acceptors (Lipinski definition) is 2. The topological polar surface area (TPSA) is 54.2 Å². The fourth-order valence-corrected chi connectivity index (χ4v) is 2.12. The van der Waals surface area contributed by atoms with E-state index in [4.69, 9.17) is 11.6 Å². The van der Waals surface area contributed by atoms with Crippen molar-refractivity contribution in [3.8, 4) is 0 Å². The van der Waals surface area contributed by atoms with Crippen molar-refractivity contribution in [3.63, 3.8) is 0 Å². The zero-order valence-corrected chi connectivity index (χ0v) is 13.6. The Balaban J connectivity index is 1.77. The Morgan fingerprint density at radius 3 is 2.77 bits per heavy atom. The molecule has 22 heavy (non-hydrogen) atoms. The van der Waals surface area contributed by atoms with Crippen LogP contribution in [0.3, 0.4) is 0 Å². The van der Waals surface area contributed by atoms with Crippen molar-refractivity contribution >= 4 is 17.6 Å². The molecule has 0 unspecified atom stereocenters. The highest BCUT2D eigenvalue weighted by molar-refractivity contribution is 6.30. The summed E-state index contributed by atoms with van der Waals surface area (Å²) in [5, 5.41) is 7.34. The maximum Gasteiger partial charge on any atom is 0.191 e. The van der Waals surface area contributed by atoms with Crippen molar-refractivity contribution in [2.24, 2.45) is 4.99 Å². The van der Waals surface area contributed by atoms with Gasteiger partial charge in [-0.3, -0.25) is 0 Å². The summed E-state index contributed by atoms with van der Waals surface area (Å²) in [7, 11) is 0. The van der Waals surface area contributed by atoms with Crippen LogP contribution in [0.15, 0.2) is 48.0 Å². The lowest BCUT2D eigenvalue weighted by Crippen LogP contribution is -2.38. The monoisotopic (exact) mass is 319 g/mol. The first-order valence-corrected chi connectivity index (χ1v) is 7.88. The van der Waals surface area contributed by atoms with Gasteiger partial charge < -0.3 is 15.2 Å². The Labute approximate surface area is 136 Å². The van der Waals surface area contributed by atoms with Crippen LogP contribution < -0.4 is 10.6 Å². The molecule has 1 heterocycles. The van der Waals surface area contributed by atoms with Gasteiger partial charge in [-0.1, -0.05) is 23.7 Å². The van der Waals surface area contributed by atoms with E-state index in [2.05, 4.69) is 32.1 Å². The minimum Gasteiger partial charge on any atom is -0.357 e. The summed E-state index contributed by atoms with van der Waals surface area (Å²) in [6.45, 7) is 5.35. The molecule has 0 saturated heterocycles. The predicted octanol–water partition coefficient (Wildman–Crippen LogP) is 2.68. The minimum atomic E-state index is 0.633. The molecule has 2 aromatic rings. The van der Waals surface area contributed by atoms with Gasteiger partial charge in [-0.05, 0) is 31.0 Å². The number of imidazole rings is 1. The summed E-state index contributed by atoms with van der Waals surface area (Å²) in [5.41, 5.74) is 1.14. The van der Waals surface area contributed by atoms with Crippen molar-refractivity contribution in [3.05, 3.63) is 53.6 Å². The molecule has 0 aliphatic rings. The van der Waals surface area contributed by atoms with E-state index < -0.39 is 0 Å². The fourth-order valence-electron chi connectivity index (χ4n) is 1.99. The highest BCUT2D eigenvalue weighted by Crippen LogP contribution is 2.10. The molecule has 0 spiro atoms. The summed E-state index contributed by atoms with van der Waals surface area (Å²) < 4.78 is 2.07. The van der Waals surface area contributed by atoms with E-state index in [9.17, 15) is 0 Å². The maximum atomic E-state index is 5.88. The van der Waals surface area contributed by atoms with Crippen molar-refractivity contribution < 1.29 is 0 Å². The number of rotatable bonds is 7. The van der Waals surface area contributed by atoms with E-state index in [1.54, 1.807) is 6.20 Å². The highest BCUT2D eigenvalue weighted by atomic mass is 35.5. The van der Waals surface area contributed by atoms with Gasteiger partial charge >= 0.3 is 0 Å². The molecule has 0 aliphatic heterocycles. The molecule has 0 saturated carbocycles. The Hall–Kier alpha value is -2.01. The molecular weight excluding hydrogens is 298 g/mol. The van der Waals surface area contributed by atoms with Gasteiger partial charge in [-0.25, -0.2) is 9.98 Å². The smallest absolute Gasteiger partial charge is 0.191 e. The number of nitrogens with one attached hydrogen (secondary N) is 2. The van der Waals surface area contributed by atoms with Crippen LogP contribution in [0.1, 0.15) is 18.9 Å². The molecule has 5 nitrogen and oxygen atoms in total. The van der Waals surface area contributed by atoms with Gasteiger partial charge in [0.1, 0.15) is 0 Å². The van der Waals surface area contributed by atoms with Gasteiger partial charge in [-0.2, -0.15) is 0 Å². The number of benzene rings is 1. The molecule has 0 amide bonds. The Morgan fingerprint density at radius 2 is 2.09 bits per heavy atom. The zero-order chi connectivity index (χ0) is 15.6. The van der Waals surface area contributed by atoms with E-state index >= 15 is 0 Å². The first-order valence-electron chi connectivity index (χ1n) is 7.50. The quantitative estimate of drug-likeness (QED) is 0.469. The lowest BCUT2D eigenvalue weighted by molar-refractivity contribution is 0.624. The maximum absolute atomic E-state index is 5.88. The average molecular weight is 320 g/mol.